The lowest BCUT2D eigenvalue weighted by Crippen LogP contribution is -2.00. The number of thiophene rings is 1. The van der Waals surface area contributed by atoms with Gasteiger partial charge in [-0.3, -0.25) is 4.79 Å². The number of aliphatic carboxylic acids is 1. The summed E-state index contributed by atoms with van der Waals surface area (Å²) in [6, 6.07) is 11.5. The molecule has 0 fully saturated rings. The third-order valence-electron chi connectivity index (χ3n) is 4.45. The third-order valence-corrected chi connectivity index (χ3v) is 5.70. The number of ether oxygens (including phenoxy) is 1. The molecule has 0 radical (unpaired) electrons. The Morgan fingerprint density at radius 3 is 2.85 bits per heavy atom. The molecule has 4 aromatic rings. The first kappa shape index (κ1) is 17.6. The number of fused-ring (bicyclic) bond motifs is 2. The van der Waals surface area contributed by atoms with Crippen LogP contribution < -0.4 is 4.74 Å². The van der Waals surface area contributed by atoms with Gasteiger partial charge >= 0.3 is 5.97 Å². The van der Waals surface area contributed by atoms with Crippen molar-refractivity contribution in [1.82, 2.24) is 4.57 Å². The van der Waals surface area contributed by atoms with Crippen LogP contribution in [0.25, 0.3) is 21.0 Å². The van der Waals surface area contributed by atoms with Gasteiger partial charge in [-0.05, 0) is 52.2 Å². The second kappa shape index (κ2) is 7.10. The maximum atomic E-state index is 11.3. The molecule has 0 bridgehead atoms. The molecule has 4 nitrogen and oxygen atoms in total. The average Bonchev–Trinajstić information content (AvgIpc) is 3.17. The van der Waals surface area contributed by atoms with Crippen molar-refractivity contribution in [2.24, 2.45) is 0 Å². The third kappa shape index (κ3) is 3.44. The van der Waals surface area contributed by atoms with E-state index >= 15 is 0 Å². The summed E-state index contributed by atoms with van der Waals surface area (Å²) in [6.07, 6.45) is 3.26. The Hall–Kier alpha value is -2.76. The summed E-state index contributed by atoms with van der Waals surface area (Å²) in [5.74, 6) is -0.190. The van der Waals surface area contributed by atoms with Crippen molar-refractivity contribution >= 4 is 49.9 Å². The van der Waals surface area contributed by atoms with Gasteiger partial charge in [0.1, 0.15) is 5.75 Å². The fourth-order valence-corrected chi connectivity index (χ4v) is 4.42. The van der Waals surface area contributed by atoms with E-state index in [9.17, 15) is 9.90 Å². The summed E-state index contributed by atoms with van der Waals surface area (Å²) in [5.41, 5.74) is 2.85. The van der Waals surface area contributed by atoms with Crippen LogP contribution in [0.1, 0.15) is 11.1 Å². The largest absolute Gasteiger partial charge is 0.481 e. The first-order valence-corrected chi connectivity index (χ1v) is 9.57. The van der Waals surface area contributed by atoms with E-state index in [2.05, 4.69) is 16.5 Å². The molecule has 0 amide bonds. The van der Waals surface area contributed by atoms with Crippen LogP contribution in [0.15, 0.2) is 60.8 Å². The van der Waals surface area contributed by atoms with Crippen LogP contribution in [0.2, 0.25) is 5.02 Å². The smallest absolute Gasteiger partial charge is 0.307 e. The molecule has 2 aromatic carbocycles. The topological polar surface area (TPSA) is 51.5 Å². The summed E-state index contributed by atoms with van der Waals surface area (Å²) in [5, 5.41) is 14.1. The second-order valence-electron chi connectivity index (χ2n) is 6.22. The number of hydrogen-bond donors (Lipinski definition) is 1. The molecule has 0 aliphatic rings. The monoisotopic (exact) mass is 397 g/mol. The Kier molecular flexibility index (Phi) is 4.64. The summed E-state index contributed by atoms with van der Waals surface area (Å²) < 4.78 is 8.63. The molecule has 2 heterocycles. The fraction of sp³-hybridized carbons (Fsp3) is 0.0952. The van der Waals surface area contributed by atoms with Gasteiger partial charge in [0.2, 0.25) is 0 Å². The summed E-state index contributed by atoms with van der Waals surface area (Å²) >= 11 is 7.84. The number of rotatable bonds is 6. The first-order valence-electron chi connectivity index (χ1n) is 8.32. The lowest BCUT2D eigenvalue weighted by Gasteiger charge is -2.07. The SMILES string of the molecule is C=COc1ccc2c(CC(=O)O)cn(Cc3csc4ccc(Cl)cc34)c2c1. The Bertz CT molecular complexity index is 1180. The zero-order valence-corrected chi connectivity index (χ0v) is 15.9. The molecule has 0 aliphatic heterocycles. The van der Waals surface area contributed by atoms with E-state index in [4.69, 9.17) is 16.3 Å². The summed E-state index contributed by atoms with van der Waals surface area (Å²) in [6.45, 7) is 4.21. The van der Waals surface area contributed by atoms with Crippen molar-refractivity contribution in [3.63, 3.8) is 0 Å². The lowest BCUT2D eigenvalue weighted by molar-refractivity contribution is -0.136. The predicted octanol–water partition coefficient (Wildman–Crippen LogP) is 5.71. The van der Waals surface area contributed by atoms with E-state index in [-0.39, 0.29) is 6.42 Å². The zero-order valence-electron chi connectivity index (χ0n) is 14.3. The number of hydrogen-bond acceptors (Lipinski definition) is 3. The van der Waals surface area contributed by atoms with Gasteiger partial charge < -0.3 is 14.4 Å². The van der Waals surface area contributed by atoms with Gasteiger partial charge in [0.15, 0.2) is 0 Å². The van der Waals surface area contributed by atoms with Crippen molar-refractivity contribution in [2.75, 3.05) is 0 Å². The number of carboxylic acid groups (broad SMARTS) is 1. The molecule has 6 heteroatoms. The highest BCUT2D eigenvalue weighted by molar-refractivity contribution is 7.17. The zero-order chi connectivity index (χ0) is 19.0. The van der Waals surface area contributed by atoms with E-state index in [1.54, 1.807) is 11.3 Å². The van der Waals surface area contributed by atoms with Gasteiger partial charge in [-0.25, -0.2) is 0 Å². The minimum atomic E-state index is -0.853. The Morgan fingerprint density at radius 1 is 1.22 bits per heavy atom. The number of benzene rings is 2. The molecule has 27 heavy (non-hydrogen) atoms. The van der Waals surface area contributed by atoms with Crippen LogP contribution in [-0.2, 0) is 17.8 Å². The van der Waals surface area contributed by atoms with Crippen LogP contribution in [0.4, 0.5) is 0 Å². The van der Waals surface area contributed by atoms with Gasteiger partial charge in [-0.2, -0.15) is 0 Å². The van der Waals surface area contributed by atoms with Crippen LogP contribution in [0.5, 0.6) is 5.75 Å². The molecule has 2 aromatic heterocycles. The highest BCUT2D eigenvalue weighted by Crippen LogP contribution is 2.32. The number of halogens is 1. The molecule has 1 N–H and O–H groups in total. The van der Waals surface area contributed by atoms with Gasteiger partial charge in [0.25, 0.3) is 0 Å². The van der Waals surface area contributed by atoms with Crippen molar-refractivity contribution in [3.8, 4) is 5.75 Å². The highest BCUT2D eigenvalue weighted by Gasteiger charge is 2.14. The normalized spacial score (nSPS) is 11.1. The van der Waals surface area contributed by atoms with Gasteiger partial charge in [0.05, 0.1) is 18.2 Å². The average molecular weight is 398 g/mol. The quantitative estimate of drug-likeness (QED) is 0.424. The molecule has 4 rings (SSSR count). The molecular formula is C21H16ClNO3S. The molecule has 0 atom stereocenters. The Labute approximate surface area is 164 Å². The number of nitrogens with zero attached hydrogens (tertiary/aromatic N) is 1. The Balaban J connectivity index is 1.83. The number of carbonyl (C=O) groups is 1. The summed E-state index contributed by atoms with van der Waals surface area (Å²) in [4.78, 5) is 11.3. The van der Waals surface area contributed by atoms with Gasteiger partial charge in [-0.15, -0.1) is 11.3 Å². The molecule has 0 aliphatic carbocycles. The predicted molar refractivity (Wildman–Crippen MR) is 110 cm³/mol. The van der Waals surface area contributed by atoms with Crippen molar-refractivity contribution < 1.29 is 14.6 Å². The maximum absolute atomic E-state index is 11.3. The standard InChI is InChI=1S/C21H16ClNO3S/c1-2-26-16-4-5-17-13(7-21(24)25)10-23(19(17)9-16)11-14-12-27-20-6-3-15(22)8-18(14)20/h2-6,8-10,12H,1,7,11H2,(H,24,25). The minimum absolute atomic E-state index is 0.0264. The van der Waals surface area contributed by atoms with E-state index < -0.39 is 5.97 Å². The van der Waals surface area contributed by atoms with Crippen LogP contribution in [0, 0.1) is 0 Å². The second-order valence-corrected chi connectivity index (χ2v) is 7.57. The van der Waals surface area contributed by atoms with Gasteiger partial charge in [0, 0.05) is 33.9 Å². The van der Waals surface area contributed by atoms with E-state index in [0.717, 1.165) is 27.4 Å². The van der Waals surface area contributed by atoms with Crippen molar-refractivity contribution in [3.05, 3.63) is 77.0 Å². The van der Waals surface area contributed by atoms with Crippen LogP contribution in [0.3, 0.4) is 0 Å². The highest BCUT2D eigenvalue weighted by atomic mass is 35.5. The van der Waals surface area contributed by atoms with Crippen molar-refractivity contribution in [1.29, 1.82) is 0 Å². The fourth-order valence-electron chi connectivity index (χ4n) is 3.31. The summed E-state index contributed by atoms with van der Waals surface area (Å²) in [7, 11) is 0. The number of aromatic nitrogens is 1. The Morgan fingerprint density at radius 2 is 2.07 bits per heavy atom. The molecule has 136 valence electrons. The lowest BCUT2D eigenvalue weighted by atomic mass is 10.1. The molecule has 0 saturated heterocycles. The van der Waals surface area contributed by atoms with Crippen LogP contribution >= 0.6 is 22.9 Å². The van der Waals surface area contributed by atoms with E-state index in [0.29, 0.717) is 17.3 Å². The van der Waals surface area contributed by atoms with Gasteiger partial charge in [-0.1, -0.05) is 18.2 Å². The van der Waals surface area contributed by atoms with Crippen molar-refractivity contribution in [2.45, 2.75) is 13.0 Å². The van der Waals surface area contributed by atoms with Crippen LogP contribution in [-0.4, -0.2) is 15.6 Å². The van der Waals surface area contributed by atoms with E-state index in [1.165, 1.54) is 11.0 Å². The number of carboxylic acids is 1. The first-order chi connectivity index (χ1) is 13.0. The van der Waals surface area contributed by atoms with E-state index in [1.807, 2.05) is 42.6 Å². The molecule has 0 saturated carbocycles. The minimum Gasteiger partial charge on any atom is -0.481 e. The maximum Gasteiger partial charge on any atom is 0.307 e. The molecular weight excluding hydrogens is 382 g/mol. The molecule has 0 spiro atoms. The molecule has 0 unspecified atom stereocenters.